The number of carbonyl (C=O) groups is 2. The number of fused-ring (bicyclic) bond motifs is 1. The number of hydrogen-bond acceptors (Lipinski definition) is 4. The zero-order chi connectivity index (χ0) is 13.2. The lowest BCUT2D eigenvalue weighted by atomic mass is 10.3. The van der Waals surface area contributed by atoms with E-state index in [1.54, 1.807) is 20.5 Å². The van der Waals surface area contributed by atoms with Crippen LogP contribution in [0.5, 0.6) is 5.88 Å². The molecule has 0 atom stereocenters. The number of ether oxygens (including phenoxy) is 1. The van der Waals surface area contributed by atoms with Crippen LogP contribution in [0.15, 0.2) is 6.07 Å². The van der Waals surface area contributed by atoms with E-state index in [-0.39, 0.29) is 5.91 Å². The molecular weight excluding hydrogens is 248 g/mol. The molecule has 1 aromatic rings. The standard InChI is InChI=1S/C12H16N4O3/c17-9-14-3-5-15(6-4-14)12(18)10-8-11-16(13-10)2-1-7-19-11/h8-9H,1-7H2. The average Bonchev–Trinajstić information content (AvgIpc) is 2.90. The Morgan fingerprint density at radius 2 is 2.05 bits per heavy atom. The fraction of sp³-hybridized carbons (Fsp3) is 0.583. The van der Waals surface area contributed by atoms with Crippen molar-refractivity contribution < 1.29 is 14.3 Å². The summed E-state index contributed by atoms with van der Waals surface area (Å²) in [6.45, 7) is 3.75. The van der Waals surface area contributed by atoms with E-state index in [1.165, 1.54) is 0 Å². The van der Waals surface area contributed by atoms with Gasteiger partial charge in [-0.3, -0.25) is 9.59 Å². The molecule has 0 aromatic carbocycles. The van der Waals surface area contributed by atoms with E-state index in [4.69, 9.17) is 4.74 Å². The van der Waals surface area contributed by atoms with Gasteiger partial charge in [0.15, 0.2) is 5.69 Å². The first-order valence-electron chi connectivity index (χ1n) is 6.47. The number of piperazine rings is 1. The lowest BCUT2D eigenvalue weighted by Gasteiger charge is -2.32. The van der Waals surface area contributed by atoms with Gasteiger partial charge in [0, 0.05) is 45.2 Å². The van der Waals surface area contributed by atoms with Gasteiger partial charge >= 0.3 is 0 Å². The molecule has 2 amide bonds. The second kappa shape index (κ2) is 4.91. The van der Waals surface area contributed by atoms with E-state index in [2.05, 4.69) is 5.10 Å². The molecule has 2 aliphatic heterocycles. The molecular formula is C12H16N4O3. The Hall–Kier alpha value is -2.05. The van der Waals surface area contributed by atoms with Crippen LogP contribution in [0.3, 0.4) is 0 Å². The van der Waals surface area contributed by atoms with Crippen molar-refractivity contribution in [2.45, 2.75) is 13.0 Å². The maximum atomic E-state index is 12.3. The van der Waals surface area contributed by atoms with E-state index in [1.807, 2.05) is 0 Å². The Kier molecular flexibility index (Phi) is 3.10. The second-order valence-corrected chi connectivity index (χ2v) is 4.73. The summed E-state index contributed by atoms with van der Waals surface area (Å²) in [5, 5.41) is 4.28. The smallest absolute Gasteiger partial charge is 0.274 e. The van der Waals surface area contributed by atoms with Crippen molar-refractivity contribution in [1.82, 2.24) is 19.6 Å². The van der Waals surface area contributed by atoms with Gasteiger partial charge in [-0.05, 0) is 0 Å². The summed E-state index contributed by atoms with van der Waals surface area (Å²) in [4.78, 5) is 26.3. The zero-order valence-corrected chi connectivity index (χ0v) is 10.6. The number of aromatic nitrogens is 2. The van der Waals surface area contributed by atoms with Gasteiger partial charge in [-0.1, -0.05) is 0 Å². The molecule has 0 saturated carbocycles. The van der Waals surface area contributed by atoms with Crippen LogP contribution in [-0.4, -0.2) is 64.7 Å². The fourth-order valence-electron chi connectivity index (χ4n) is 2.36. The second-order valence-electron chi connectivity index (χ2n) is 4.73. The number of hydrogen-bond donors (Lipinski definition) is 0. The van der Waals surface area contributed by atoms with E-state index < -0.39 is 0 Å². The third-order valence-corrected chi connectivity index (χ3v) is 3.48. The maximum Gasteiger partial charge on any atom is 0.274 e. The van der Waals surface area contributed by atoms with Crippen molar-refractivity contribution >= 4 is 12.3 Å². The first-order chi connectivity index (χ1) is 9.28. The van der Waals surface area contributed by atoms with Crippen molar-refractivity contribution in [3.8, 4) is 5.88 Å². The van der Waals surface area contributed by atoms with Gasteiger partial charge < -0.3 is 14.5 Å². The summed E-state index contributed by atoms with van der Waals surface area (Å²) in [6, 6.07) is 1.70. The molecule has 7 nitrogen and oxygen atoms in total. The highest BCUT2D eigenvalue weighted by molar-refractivity contribution is 5.92. The van der Waals surface area contributed by atoms with Crippen LogP contribution in [0.25, 0.3) is 0 Å². The molecule has 0 radical (unpaired) electrons. The normalized spacial score (nSPS) is 18.7. The van der Waals surface area contributed by atoms with Gasteiger partial charge in [0.1, 0.15) is 0 Å². The van der Waals surface area contributed by atoms with Crippen molar-refractivity contribution in [2.24, 2.45) is 0 Å². The molecule has 0 N–H and O–H groups in total. The first kappa shape index (κ1) is 12.0. The quantitative estimate of drug-likeness (QED) is 0.680. The SMILES string of the molecule is O=CN1CCN(C(=O)c2cc3n(n2)CCCO3)CC1. The van der Waals surface area contributed by atoms with Crippen LogP contribution in [0.1, 0.15) is 16.9 Å². The number of aryl methyl sites for hydroxylation is 1. The Balaban J connectivity index is 1.70. The predicted molar refractivity (Wildman–Crippen MR) is 65.9 cm³/mol. The summed E-state index contributed by atoms with van der Waals surface area (Å²) in [5.74, 6) is 0.581. The van der Waals surface area contributed by atoms with Gasteiger partial charge in [0.05, 0.1) is 6.61 Å². The Bertz CT molecular complexity index is 468. The van der Waals surface area contributed by atoms with Crippen molar-refractivity contribution in [3.05, 3.63) is 11.8 Å². The van der Waals surface area contributed by atoms with E-state index in [0.717, 1.165) is 19.4 Å². The maximum absolute atomic E-state index is 12.3. The molecule has 1 fully saturated rings. The van der Waals surface area contributed by atoms with Crippen LogP contribution < -0.4 is 4.74 Å². The summed E-state index contributed by atoms with van der Waals surface area (Å²) in [6.07, 6.45) is 1.74. The third-order valence-electron chi connectivity index (χ3n) is 3.48. The Morgan fingerprint density at radius 3 is 2.74 bits per heavy atom. The van der Waals surface area contributed by atoms with Crippen LogP contribution in [0.4, 0.5) is 0 Å². The lowest BCUT2D eigenvalue weighted by Crippen LogP contribution is -2.48. The summed E-state index contributed by atoms with van der Waals surface area (Å²) in [7, 11) is 0. The topological polar surface area (TPSA) is 67.7 Å². The predicted octanol–water partition coefficient (Wildman–Crippen LogP) is -0.420. The van der Waals surface area contributed by atoms with E-state index in [9.17, 15) is 9.59 Å². The first-order valence-corrected chi connectivity index (χ1v) is 6.47. The number of rotatable bonds is 2. The molecule has 19 heavy (non-hydrogen) atoms. The molecule has 0 unspecified atom stereocenters. The minimum Gasteiger partial charge on any atom is -0.478 e. The highest BCUT2D eigenvalue weighted by atomic mass is 16.5. The van der Waals surface area contributed by atoms with E-state index >= 15 is 0 Å². The minimum absolute atomic E-state index is 0.0870. The van der Waals surface area contributed by atoms with Crippen molar-refractivity contribution in [2.75, 3.05) is 32.8 Å². The monoisotopic (exact) mass is 264 g/mol. The summed E-state index contributed by atoms with van der Waals surface area (Å²) in [5.41, 5.74) is 0.427. The molecule has 7 heteroatoms. The number of carbonyl (C=O) groups excluding carboxylic acids is 2. The van der Waals surface area contributed by atoms with Gasteiger partial charge in [0.25, 0.3) is 5.91 Å². The number of amides is 2. The summed E-state index contributed by atoms with van der Waals surface area (Å²) < 4.78 is 7.19. The Morgan fingerprint density at radius 1 is 1.26 bits per heavy atom. The molecule has 1 saturated heterocycles. The molecule has 102 valence electrons. The highest BCUT2D eigenvalue weighted by Crippen LogP contribution is 2.19. The van der Waals surface area contributed by atoms with Gasteiger partial charge in [-0.25, -0.2) is 4.68 Å². The average molecular weight is 264 g/mol. The van der Waals surface area contributed by atoms with Crippen LogP contribution in [0.2, 0.25) is 0 Å². The number of nitrogens with zero attached hydrogens (tertiary/aromatic N) is 4. The van der Waals surface area contributed by atoms with Gasteiger partial charge in [-0.15, -0.1) is 0 Å². The van der Waals surface area contributed by atoms with Gasteiger partial charge in [-0.2, -0.15) is 5.10 Å². The molecule has 1 aromatic heterocycles. The Labute approximate surface area is 110 Å². The fourth-order valence-corrected chi connectivity index (χ4v) is 2.36. The van der Waals surface area contributed by atoms with Crippen molar-refractivity contribution in [3.63, 3.8) is 0 Å². The molecule has 0 aliphatic carbocycles. The third kappa shape index (κ3) is 2.27. The van der Waals surface area contributed by atoms with Crippen LogP contribution in [-0.2, 0) is 11.3 Å². The molecule has 3 rings (SSSR count). The van der Waals surface area contributed by atoms with Gasteiger partial charge in [0.2, 0.25) is 12.3 Å². The summed E-state index contributed by atoms with van der Waals surface area (Å²) >= 11 is 0. The molecule has 2 aliphatic rings. The highest BCUT2D eigenvalue weighted by Gasteiger charge is 2.25. The lowest BCUT2D eigenvalue weighted by molar-refractivity contribution is -0.119. The minimum atomic E-state index is -0.0870. The molecule has 0 spiro atoms. The van der Waals surface area contributed by atoms with Crippen LogP contribution in [0, 0.1) is 0 Å². The zero-order valence-electron chi connectivity index (χ0n) is 10.6. The molecule has 3 heterocycles. The molecule has 0 bridgehead atoms. The van der Waals surface area contributed by atoms with Crippen LogP contribution >= 0.6 is 0 Å². The van der Waals surface area contributed by atoms with Crippen molar-refractivity contribution in [1.29, 1.82) is 0 Å². The van der Waals surface area contributed by atoms with E-state index in [0.29, 0.717) is 44.4 Å². The largest absolute Gasteiger partial charge is 0.478 e.